The van der Waals surface area contributed by atoms with E-state index in [1.54, 1.807) is 0 Å². The van der Waals surface area contributed by atoms with Gasteiger partial charge >= 0.3 is 0 Å². The van der Waals surface area contributed by atoms with Crippen LogP contribution in [0.5, 0.6) is 0 Å². The molecule has 1 aromatic rings. The molecule has 1 aliphatic carbocycles. The van der Waals surface area contributed by atoms with Crippen molar-refractivity contribution in [3.8, 4) is 0 Å². The van der Waals surface area contributed by atoms with Crippen LogP contribution in [0.4, 0.5) is 15.8 Å². The van der Waals surface area contributed by atoms with Crippen molar-refractivity contribution >= 4 is 11.4 Å². The van der Waals surface area contributed by atoms with Crippen LogP contribution in [-0.2, 0) is 0 Å². The number of aliphatic hydroxyl groups excluding tert-OH is 1. The molecule has 2 N–H and O–H groups in total. The zero-order valence-electron chi connectivity index (χ0n) is 8.39. The first-order valence-corrected chi connectivity index (χ1v) is 4.95. The van der Waals surface area contributed by atoms with Crippen LogP contribution in [0, 0.1) is 15.9 Å². The summed E-state index contributed by atoms with van der Waals surface area (Å²) in [5, 5.41) is 22.3. The quantitative estimate of drug-likeness (QED) is 0.607. The third kappa shape index (κ3) is 2.11. The summed E-state index contributed by atoms with van der Waals surface area (Å²) in [7, 11) is 0. The largest absolute Gasteiger partial charge is 0.393 e. The molecule has 0 amide bonds. The van der Waals surface area contributed by atoms with Gasteiger partial charge in [0.25, 0.3) is 5.69 Å². The van der Waals surface area contributed by atoms with Crippen molar-refractivity contribution in [2.75, 3.05) is 5.32 Å². The summed E-state index contributed by atoms with van der Waals surface area (Å²) < 4.78 is 13.4. The van der Waals surface area contributed by atoms with Crippen LogP contribution in [0.25, 0.3) is 0 Å². The van der Waals surface area contributed by atoms with Crippen molar-refractivity contribution in [1.82, 2.24) is 0 Å². The highest BCUT2D eigenvalue weighted by Crippen LogP contribution is 2.27. The summed E-state index contributed by atoms with van der Waals surface area (Å²) in [5.41, 5.74) is -0.0285. The number of benzene rings is 1. The number of nitro groups is 1. The minimum Gasteiger partial charge on any atom is -0.393 e. The fourth-order valence-electron chi connectivity index (χ4n) is 1.66. The maximum atomic E-state index is 13.4. The number of aliphatic hydroxyl groups is 1. The summed E-state index contributed by atoms with van der Waals surface area (Å²) >= 11 is 0. The van der Waals surface area contributed by atoms with E-state index in [2.05, 4.69) is 5.32 Å². The van der Waals surface area contributed by atoms with E-state index in [0.717, 1.165) is 6.07 Å². The second-order valence-corrected chi connectivity index (χ2v) is 3.89. The Morgan fingerprint density at radius 1 is 1.50 bits per heavy atom. The van der Waals surface area contributed by atoms with Gasteiger partial charge in [-0.25, -0.2) is 4.39 Å². The fourth-order valence-corrected chi connectivity index (χ4v) is 1.66. The van der Waals surface area contributed by atoms with Crippen molar-refractivity contribution in [2.45, 2.75) is 25.0 Å². The van der Waals surface area contributed by atoms with Gasteiger partial charge in [0.05, 0.1) is 22.8 Å². The number of anilines is 1. The predicted molar refractivity (Wildman–Crippen MR) is 55.7 cm³/mol. The normalized spacial score (nSPS) is 23.6. The Balaban J connectivity index is 2.07. The van der Waals surface area contributed by atoms with E-state index in [-0.39, 0.29) is 23.5 Å². The molecule has 86 valence electrons. The van der Waals surface area contributed by atoms with Crippen LogP contribution in [0.3, 0.4) is 0 Å². The number of hydrogen-bond donors (Lipinski definition) is 2. The molecule has 2 rings (SSSR count). The second-order valence-electron chi connectivity index (χ2n) is 3.89. The van der Waals surface area contributed by atoms with Crippen LogP contribution < -0.4 is 5.32 Å². The van der Waals surface area contributed by atoms with Crippen LogP contribution in [-0.4, -0.2) is 22.2 Å². The smallest absolute Gasteiger partial charge is 0.272 e. The molecule has 0 saturated heterocycles. The average molecular weight is 226 g/mol. The van der Waals surface area contributed by atoms with E-state index in [1.807, 2.05) is 0 Å². The van der Waals surface area contributed by atoms with Gasteiger partial charge in [-0.1, -0.05) is 0 Å². The Morgan fingerprint density at radius 2 is 2.19 bits per heavy atom. The minimum atomic E-state index is -0.643. The summed E-state index contributed by atoms with van der Waals surface area (Å²) in [6.45, 7) is 0. The number of nitrogens with one attached hydrogen (secondary N) is 1. The first-order chi connectivity index (χ1) is 7.56. The van der Waals surface area contributed by atoms with Gasteiger partial charge in [-0.3, -0.25) is 10.1 Å². The Kier molecular flexibility index (Phi) is 2.74. The summed E-state index contributed by atoms with van der Waals surface area (Å²) in [6.07, 6.45) is 0.839. The minimum absolute atomic E-state index is 0.0472. The van der Waals surface area contributed by atoms with Gasteiger partial charge in [0.1, 0.15) is 0 Å². The van der Waals surface area contributed by atoms with Crippen LogP contribution in [0.2, 0.25) is 0 Å². The molecule has 0 heterocycles. The Morgan fingerprint density at radius 3 is 2.69 bits per heavy atom. The van der Waals surface area contributed by atoms with E-state index >= 15 is 0 Å². The van der Waals surface area contributed by atoms with E-state index in [4.69, 9.17) is 5.11 Å². The lowest BCUT2D eigenvalue weighted by Gasteiger charge is -2.32. The lowest BCUT2D eigenvalue weighted by atomic mass is 9.89. The van der Waals surface area contributed by atoms with Crippen molar-refractivity contribution < 1.29 is 14.4 Å². The third-order valence-electron chi connectivity index (χ3n) is 2.64. The van der Waals surface area contributed by atoms with E-state index in [9.17, 15) is 14.5 Å². The van der Waals surface area contributed by atoms with Gasteiger partial charge in [-0.05, 0) is 18.9 Å². The van der Waals surface area contributed by atoms with Crippen molar-refractivity contribution in [2.24, 2.45) is 0 Å². The zero-order chi connectivity index (χ0) is 11.7. The fraction of sp³-hybridized carbons (Fsp3) is 0.400. The Hall–Kier alpha value is -1.69. The standard InChI is InChI=1S/C10H11FN2O3/c11-9-5-7(13(15)16)1-2-10(9)12-6-3-8(14)4-6/h1-2,5-6,8,12,14H,3-4H2. The number of non-ortho nitro benzene ring substituents is 1. The molecule has 0 spiro atoms. The molecular weight excluding hydrogens is 215 g/mol. The molecule has 16 heavy (non-hydrogen) atoms. The van der Waals surface area contributed by atoms with Crippen molar-refractivity contribution in [1.29, 1.82) is 0 Å². The van der Waals surface area contributed by atoms with Crippen molar-refractivity contribution in [3.63, 3.8) is 0 Å². The molecular formula is C10H11FN2O3. The summed E-state index contributed by atoms with van der Waals surface area (Å²) in [6, 6.07) is 3.53. The highest BCUT2D eigenvalue weighted by atomic mass is 19.1. The molecule has 6 heteroatoms. The summed E-state index contributed by atoms with van der Waals surface area (Å²) in [5.74, 6) is -0.643. The molecule has 0 aliphatic heterocycles. The molecule has 5 nitrogen and oxygen atoms in total. The lowest BCUT2D eigenvalue weighted by molar-refractivity contribution is -0.385. The highest BCUT2D eigenvalue weighted by Gasteiger charge is 2.27. The first kappa shape index (κ1) is 10.8. The zero-order valence-corrected chi connectivity index (χ0v) is 8.39. The molecule has 1 fully saturated rings. The molecule has 0 radical (unpaired) electrons. The molecule has 0 aromatic heterocycles. The van der Waals surface area contributed by atoms with Gasteiger partial charge in [0.15, 0.2) is 5.82 Å². The topological polar surface area (TPSA) is 75.4 Å². The van der Waals surface area contributed by atoms with E-state index in [1.165, 1.54) is 12.1 Å². The number of halogens is 1. The predicted octanol–water partition coefficient (Wildman–Crippen LogP) is 1.67. The lowest BCUT2D eigenvalue weighted by Crippen LogP contribution is -2.39. The highest BCUT2D eigenvalue weighted by molar-refractivity contribution is 5.51. The molecule has 0 unspecified atom stereocenters. The summed E-state index contributed by atoms with van der Waals surface area (Å²) in [4.78, 5) is 9.74. The Bertz CT molecular complexity index is 419. The molecule has 1 aromatic carbocycles. The number of hydrogen-bond acceptors (Lipinski definition) is 4. The molecule has 1 aliphatic rings. The van der Waals surface area contributed by atoms with Gasteiger partial charge in [0.2, 0.25) is 0 Å². The van der Waals surface area contributed by atoms with Crippen LogP contribution >= 0.6 is 0 Å². The Labute approximate surface area is 91.0 Å². The first-order valence-electron chi connectivity index (χ1n) is 4.95. The van der Waals surface area contributed by atoms with Gasteiger partial charge in [-0.15, -0.1) is 0 Å². The van der Waals surface area contributed by atoms with Gasteiger partial charge in [-0.2, -0.15) is 0 Å². The van der Waals surface area contributed by atoms with Crippen LogP contribution in [0.15, 0.2) is 18.2 Å². The van der Waals surface area contributed by atoms with Crippen molar-refractivity contribution in [3.05, 3.63) is 34.1 Å². The molecule has 0 atom stereocenters. The van der Waals surface area contributed by atoms with Gasteiger partial charge in [0, 0.05) is 12.1 Å². The third-order valence-corrected chi connectivity index (χ3v) is 2.64. The number of nitrogens with zero attached hydrogens (tertiary/aromatic N) is 1. The number of nitro benzene ring substituents is 1. The van der Waals surface area contributed by atoms with E-state index in [0.29, 0.717) is 12.8 Å². The van der Waals surface area contributed by atoms with Gasteiger partial charge < -0.3 is 10.4 Å². The number of rotatable bonds is 3. The molecule has 0 bridgehead atoms. The van der Waals surface area contributed by atoms with E-state index < -0.39 is 10.7 Å². The maximum absolute atomic E-state index is 13.4. The average Bonchev–Trinajstić information content (AvgIpc) is 2.18. The van der Waals surface area contributed by atoms with Crippen LogP contribution in [0.1, 0.15) is 12.8 Å². The monoisotopic (exact) mass is 226 g/mol. The second kappa shape index (κ2) is 4.05. The maximum Gasteiger partial charge on any atom is 0.272 e. The molecule has 1 saturated carbocycles. The SMILES string of the molecule is O=[N+]([O-])c1ccc(NC2CC(O)C2)c(F)c1.